The van der Waals surface area contributed by atoms with Crippen LogP contribution in [0.2, 0.25) is 39.3 Å². The third-order valence-electron chi connectivity index (χ3n) is 5.76. The molecule has 188 valence electrons. The van der Waals surface area contributed by atoms with Gasteiger partial charge in [-0.25, -0.2) is 0 Å². The third-order valence-corrected chi connectivity index (χ3v) is 7.58. The highest BCUT2D eigenvalue weighted by Gasteiger charge is 2.14. The van der Waals surface area contributed by atoms with Crippen molar-refractivity contribution in [3.05, 3.63) is 131 Å². The van der Waals surface area contributed by atoms with E-state index in [0.29, 0.717) is 0 Å². The van der Waals surface area contributed by atoms with Gasteiger partial charge in [-0.2, -0.15) is 0 Å². The summed E-state index contributed by atoms with van der Waals surface area (Å²) in [7, 11) is -3.49. The van der Waals surface area contributed by atoms with E-state index in [-0.39, 0.29) is 0 Å². The summed E-state index contributed by atoms with van der Waals surface area (Å²) in [5.74, 6) is 0. The van der Waals surface area contributed by atoms with Crippen molar-refractivity contribution in [2.45, 2.75) is 39.3 Å². The van der Waals surface area contributed by atoms with E-state index in [9.17, 15) is 0 Å². The molecule has 37 heavy (non-hydrogen) atoms. The second-order valence-corrected chi connectivity index (χ2v) is 20.5. The molecule has 0 heterocycles. The summed E-state index contributed by atoms with van der Waals surface area (Å²) in [5, 5.41) is 0. The summed E-state index contributed by atoms with van der Waals surface area (Å²) in [6.07, 6.45) is 2.21. The van der Waals surface area contributed by atoms with Crippen molar-refractivity contribution < 1.29 is 0 Å². The van der Waals surface area contributed by atoms with E-state index in [0.717, 1.165) is 22.5 Å². The first-order valence-electron chi connectivity index (χ1n) is 12.9. The molecule has 0 aliphatic rings. The van der Waals surface area contributed by atoms with Gasteiger partial charge in [-0.3, -0.25) is 0 Å². The Bertz CT molecular complexity index is 1360. The van der Waals surface area contributed by atoms with Gasteiger partial charge in [0.1, 0.15) is 0 Å². The summed E-state index contributed by atoms with van der Waals surface area (Å²) in [4.78, 5) is 5.28. The first-order chi connectivity index (χ1) is 17.6. The number of nitrogens with zero attached hydrogens (tertiary/aromatic N) is 2. The van der Waals surface area contributed by atoms with Gasteiger partial charge in [0.25, 0.3) is 0 Å². The Morgan fingerprint density at radius 3 is 1.35 bits per heavy atom. The molecule has 0 spiro atoms. The molecular weight excluding hydrogens is 481 g/mol. The SMILES string of the molecule is C[Si](C)(C)/N=C(/C=C(\[N-][Si](C)(C)C)c1ccc(-c2ccccc2)cc1)c1ccc(-c2ccccc2)cc1. The zero-order valence-electron chi connectivity index (χ0n) is 22.9. The van der Waals surface area contributed by atoms with Crippen LogP contribution >= 0.6 is 0 Å². The molecule has 4 aromatic carbocycles. The molecule has 0 saturated heterocycles. The summed E-state index contributed by atoms with van der Waals surface area (Å²) in [6.45, 7) is 13.7. The molecular formula is C33H37N2Si2-. The Labute approximate surface area is 225 Å². The van der Waals surface area contributed by atoms with E-state index in [1.165, 1.54) is 22.3 Å². The van der Waals surface area contributed by atoms with Crippen molar-refractivity contribution in [1.29, 1.82) is 0 Å². The first-order valence-corrected chi connectivity index (χ1v) is 19.8. The molecule has 0 amide bonds. The minimum absolute atomic E-state index is 1.02. The molecule has 2 nitrogen and oxygen atoms in total. The molecule has 0 radical (unpaired) electrons. The molecule has 0 atom stereocenters. The maximum absolute atomic E-state index is 5.28. The highest BCUT2D eigenvalue weighted by Crippen LogP contribution is 2.30. The van der Waals surface area contributed by atoms with Gasteiger partial charge in [0.15, 0.2) is 8.24 Å². The van der Waals surface area contributed by atoms with Gasteiger partial charge in [0, 0.05) is 0 Å². The standard InChI is InChI=1S/C33H37N2Si2/c1-36(2,3)34-32(30-21-17-28(18-22-30)26-13-9-7-10-14-26)25-33(35-37(4,5)6)31-23-19-29(20-24-31)27-15-11-8-12-16-27/h7-25H,1-6H3/q-1/b32-25-,35-33-. The van der Waals surface area contributed by atoms with Crippen LogP contribution in [0.3, 0.4) is 0 Å². The molecule has 0 saturated carbocycles. The number of hydrogen-bond donors (Lipinski definition) is 0. The van der Waals surface area contributed by atoms with Gasteiger partial charge in [0.2, 0.25) is 0 Å². The fourth-order valence-electron chi connectivity index (χ4n) is 4.14. The highest BCUT2D eigenvalue weighted by molar-refractivity contribution is 6.82. The van der Waals surface area contributed by atoms with E-state index in [1.54, 1.807) is 0 Å². The minimum atomic E-state index is -1.75. The second kappa shape index (κ2) is 11.3. The van der Waals surface area contributed by atoms with Crippen LogP contribution in [-0.2, 0) is 0 Å². The summed E-state index contributed by atoms with van der Waals surface area (Å²) < 4.78 is 5.28. The first kappa shape index (κ1) is 26.6. The Morgan fingerprint density at radius 1 is 0.541 bits per heavy atom. The van der Waals surface area contributed by atoms with Crippen LogP contribution in [0.15, 0.2) is 120 Å². The van der Waals surface area contributed by atoms with Crippen molar-refractivity contribution in [2.75, 3.05) is 0 Å². The van der Waals surface area contributed by atoms with E-state index in [1.807, 2.05) is 0 Å². The third kappa shape index (κ3) is 7.75. The van der Waals surface area contributed by atoms with E-state index in [2.05, 4.69) is 155 Å². The predicted octanol–water partition coefficient (Wildman–Crippen LogP) is 9.89. The van der Waals surface area contributed by atoms with Crippen LogP contribution < -0.4 is 0 Å². The Kier molecular flexibility index (Phi) is 8.11. The molecule has 0 aliphatic heterocycles. The van der Waals surface area contributed by atoms with E-state index >= 15 is 0 Å². The number of hydrogen-bond acceptors (Lipinski definition) is 1. The van der Waals surface area contributed by atoms with Crippen LogP contribution in [0.1, 0.15) is 11.1 Å². The van der Waals surface area contributed by atoms with E-state index < -0.39 is 16.5 Å². The van der Waals surface area contributed by atoms with Gasteiger partial charge in [-0.05, 0) is 61.3 Å². The van der Waals surface area contributed by atoms with E-state index in [4.69, 9.17) is 9.64 Å². The predicted molar refractivity (Wildman–Crippen MR) is 168 cm³/mol. The summed E-state index contributed by atoms with van der Waals surface area (Å²) in [6, 6.07) is 38.6. The Balaban J connectivity index is 1.75. The van der Waals surface area contributed by atoms with Crippen molar-refractivity contribution in [3.8, 4) is 22.3 Å². The molecule has 4 aromatic rings. The maximum atomic E-state index is 5.28. The molecule has 4 rings (SSSR count). The van der Waals surface area contributed by atoms with Gasteiger partial charge in [0.05, 0.1) is 5.71 Å². The molecule has 0 N–H and O–H groups in total. The quantitative estimate of drug-likeness (QED) is 0.164. The van der Waals surface area contributed by atoms with Gasteiger partial charge >= 0.3 is 0 Å². The van der Waals surface area contributed by atoms with Gasteiger partial charge in [-0.15, -0.1) is 5.70 Å². The largest absolute Gasteiger partial charge is 0.687 e. The van der Waals surface area contributed by atoms with Crippen molar-refractivity contribution in [3.63, 3.8) is 0 Å². The van der Waals surface area contributed by atoms with Crippen molar-refractivity contribution >= 4 is 27.9 Å². The number of allylic oxidation sites excluding steroid dienone is 1. The topological polar surface area (TPSA) is 26.5 Å². The molecule has 0 bridgehead atoms. The summed E-state index contributed by atoms with van der Waals surface area (Å²) >= 11 is 0. The van der Waals surface area contributed by atoms with Crippen LogP contribution in [0, 0.1) is 0 Å². The molecule has 0 aliphatic carbocycles. The smallest absolute Gasteiger partial charge is 0.173 e. The number of rotatable bonds is 8. The average Bonchev–Trinajstić information content (AvgIpc) is 2.88. The van der Waals surface area contributed by atoms with Crippen molar-refractivity contribution in [2.24, 2.45) is 4.66 Å². The zero-order chi connectivity index (χ0) is 26.5. The van der Waals surface area contributed by atoms with Crippen LogP contribution in [0.4, 0.5) is 0 Å². The second-order valence-electron chi connectivity index (χ2n) is 11.4. The zero-order valence-corrected chi connectivity index (χ0v) is 24.9. The lowest BCUT2D eigenvalue weighted by Gasteiger charge is -2.39. The monoisotopic (exact) mass is 517 g/mol. The maximum Gasteiger partial charge on any atom is 0.173 e. The van der Waals surface area contributed by atoms with Gasteiger partial charge < -0.3 is 9.64 Å². The Hall–Kier alpha value is -3.48. The van der Waals surface area contributed by atoms with Crippen LogP contribution in [0.25, 0.3) is 32.9 Å². The lowest BCUT2D eigenvalue weighted by Crippen LogP contribution is -2.21. The average molecular weight is 518 g/mol. The fraction of sp³-hybridized carbons (Fsp3) is 0.182. The number of benzene rings is 4. The lowest BCUT2D eigenvalue weighted by molar-refractivity contribution is 1.52. The Morgan fingerprint density at radius 2 is 0.946 bits per heavy atom. The normalized spacial score (nSPS) is 12.9. The molecule has 0 fully saturated rings. The van der Waals surface area contributed by atoms with Crippen LogP contribution in [-0.4, -0.2) is 22.2 Å². The van der Waals surface area contributed by atoms with Gasteiger partial charge in [-0.1, -0.05) is 135 Å². The van der Waals surface area contributed by atoms with Crippen molar-refractivity contribution in [1.82, 2.24) is 0 Å². The molecule has 0 aromatic heterocycles. The van der Waals surface area contributed by atoms with Crippen LogP contribution in [0.5, 0.6) is 0 Å². The fourth-order valence-corrected chi connectivity index (χ4v) is 5.97. The summed E-state index contributed by atoms with van der Waals surface area (Å²) in [5.41, 5.74) is 9.17. The lowest BCUT2D eigenvalue weighted by atomic mass is 10.00. The molecule has 4 heteroatoms. The highest BCUT2D eigenvalue weighted by atomic mass is 28.3. The molecule has 0 unspecified atom stereocenters. The minimum Gasteiger partial charge on any atom is -0.687 e.